The van der Waals surface area contributed by atoms with E-state index in [-0.39, 0.29) is 30.1 Å². The van der Waals surface area contributed by atoms with Crippen LogP contribution in [0.15, 0.2) is 0 Å². The van der Waals surface area contributed by atoms with Crippen LogP contribution in [-0.2, 0) is 0 Å². The average molecular weight is 301 g/mol. The number of aliphatic hydroxyl groups excluding tert-OH is 4. The Hall–Kier alpha value is -0.200. The second kappa shape index (κ2) is 6.13. The SMILES string of the molecule is CC1CCC(C2[OH+]C3CC(O)CC(O)C3CC2O)CC1O. The monoisotopic (exact) mass is 301 g/mol. The highest BCUT2D eigenvalue weighted by molar-refractivity contribution is 4.96. The lowest BCUT2D eigenvalue weighted by Gasteiger charge is -2.45. The van der Waals surface area contributed by atoms with Gasteiger partial charge in [-0.2, -0.15) is 0 Å². The van der Waals surface area contributed by atoms with Gasteiger partial charge in [0.2, 0.25) is 0 Å². The Morgan fingerprint density at radius 1 is 0.810 bits per heavy atom. The minimum atomic E-state index is -0.560. The standard InChI is InChI=1S/C16H28O5/c1-8-2-3-9(4-12(8)18)16-14(20)7-11-13(19)5-10(17)6-15(11)21-16/h8-20H,2-7H2,1H3/p+1. The molecule has 5 heteroatoms. The molecule has 0 amide bonds. The van der Waals surface area contributed by atoms with E-state index >= 15 is 0 Å². The van der Waals surface area contributed by atoms with Gasteiger partial charge in [-0.1, -0.05) is 6.92 Å². The zero-order chi connectivity index (χ0) is 15.1. The molecule has 5 nitrogen and oxygen atoms in total. The van der Waals surface area contributed by atoms with Crippen molar-refractivity contribution >= 4 is 0 Å². The lowest BCUT2D eigenvalue weighted by Crippen LogP contribution is -2.57. The molecule has 3 fully saturated rings. The van der Waals surface area contributed by atoms with Crippen LogP contribution in [0.25, 0.3) is 0 Å². The third kappa shape index (κ3) is 3.13. The van der Waals surface area contributed by atoms with Gasteiger partial charge < -0.3 is 25.2 Å². The summed E-state index contributed by atoms with van der Waals surface area (Å²) in [5, 5.41) is 40.5. The maximum Gasteiger partial charge on any atom is 0.184 e. The van der Waals surface area contributed by atoms with Crippen molar-refractivity contribution in [3.63, 3.8) is 0 Å². The molecular weight excluding hydrogens is 272 g/mol. The van der Waals surface area contributed by atoms with Gasteiger partial charge in [0.1, 0.15) is 6.10 Å². The molecule has 2 saturated carbocycles. The zero-order valence-electron chi connectivity index (χ0n) is 12.7. The predicted molar refractivity (Wildman–Crippen MR) is 77.7 cm³/mol. The van der Waals surface area contributed by atoms with Crippen molar-refractivity contribution < 1.29 is 25.2 Å². The van der Waals surface area contributed by atoms with E-state index in [4.69, 9.17) is 4.74 Å². The van der Waals surface area contributed by atoms with Gasteiger partial charge in [0.15, 0.2) is 12.2 Å². The molecule has 1 heterocycles. The molecule has 9 unspecified atom stereocenters. The number of fused-ring (bicyclic) bond motifs is 1. The first kappa shape index (κ1) is 15.7. The van der Waals surface area contributed by atoms with Crippen LogP contribution < -0.4 is 0 Å². The highest BCUT2D eigenvalue weighted by atomic mass is 16.5. The van der Waals surface area contributed by atoms with Gasteiger partial charge in [0.05, 0.1) is 24.2 Å². The van der Waals surface area contributed by atoms with Gasteiger partial charge in [0.25, 0.3) is 0 Å². The maximum atomic E-state index is 10.4. The Bertz CT molecular complexity index is 363. The minimum Gasteiger partial charge on any atom is -0.427 e. The van der Waals surface area contributed by atoms with E-state index < -0.39 is 18.3 Å². The van der Waals surface area contributed by atoms with Gasteiger partial charge in [-0.3, -0.25) is 0 Å². The molecular formula is C16H29O5+. The Morgan fingerprint density at radius 2 is 1.57 bits per heavy atom. The van der Waals surface area contributed by atoms with E-state index in [2.05, 4.69) is 6.92 Å². The van der Waals surface area contributed by atoms with Gasteiger partial charge in [0, 0.05) is 18.8 Å². The first-order chi connectivity index (χ1) is 9.95. The van der Waals surface area contributed by atoms with Crippen molar-refractivity contribution in [3.05, 3.63) is 0 Å². The Morgan fingerprint density at radius 3 is 2.29 bits per heavy atom. The van der Waals surface area contributed by atoms with Crippen molar-refractivity contribution in [2.75, 3.05) is 0 Å². The Labute approximate surface area is 125 Å². The van der Waals surface area contributed by atoms with E-state index in [0.717, 1.165) is 12.8 Å². The number of ether oxygens (including phenoxy) is 1. The molecule has 0 radical (unpaired) electrons. The van der Waals surface area contributed by atoms with Crippen LogP contribution in [-0.4, -0.2) is 61.8 Å². The first-order valence-electron chi connectivity index (χ1n) is 8.38. The third-order valence-corrected chi connectivity index (χ3v) is 5.96. The summed E-state index contributed by atoms with van der Waals surface area (Å²) in [5.41, 5.74) is 0. The van der Waals surface area contributed by atoms with E-state index in [0.29, 0.717) is 31.6 Å². The molecule has 3 aliphatic rings. The fourth-order valence-corrected chi connectivity index (χ4v) is 4.56. The zero-order valence-corrected chi connectivity index (χ0v) is 12.7. The lowest BCUT2D eigenvalue weighted by atomic mass is 9.71. The van der Waals surface area contributed by atoms with Crippen LogP contribution in [0.4, 0.5) is 0 Å². The summed E-state index contributed by atoms with van der Waals surface area (Å²) in [4.78, 5) is 0. The molecule has 9 atom stereocenters. The van der Waals surface area contributed by atoms with Crippen LogP contribution in [0, 0.1) is 17.8 Å². The van der Waals surface area contributed by atoms with Crippen LogP contribution >= 0.6 is 0 Å². The molecule has 122 valence electrons. The summed E-state index contributed by atoms with van der Waals surface area (Å²) in [6, 6.07) is 0. The number of rotatable bonds is 1. The van der Waals surface area contributed by atoms with Crippen molar-refractivity contribution in [1.82, 2.24) is 0 Å². The fourth-order valence-electron chi connectivity index (χ4n) is 4.56. The molecule has 0 aromatic rings. The van der Waals surface area contributed by atoms with Crippen molar-refractivity contribution in [2.24, 2.45) is 17.8 Å². The van der Waals surface area contributed by atoms with Crippen LogP contribution in [0.1, 0.15) is 45.4 Å². The molecule has 5 N–H and O–H groups in total. The largest absolute Gasteiger partial charge is 0.427 e. The molecule has 1 saturated heterocycles. The molecule has 3 rings (SSSR count). The summed E-state index contributed by atoms with van der Waals surface area (Å²) in [5.74, 6) is 0.531. The summed E-state index contributed by atoms with van der Waals surface area (Å²) in [7, 11) is 0. The summed E-state index contributed by atoms with van der Waals surface area (Å²) in [6.07, 6.45) is 2.16. The molecule has 1 aliphatic heterocycles. The van der Waals surface area contributed by atoms with Gasteiger partial charge in [-0.25, -0.2) is 0 Å². The molecule has 0 bridgehead atoms. The minimum absolute atomic E-state index is 0.0212. The van der Waals surface area contributed by atoms with E-state index in [1.807, 2.05) is 0 Å². The van der Waals surface area contributed by atoms with Crippen molar-refractivity contribution in [1.29, 1.82) is 0 Å². The normalized spacial score (nSPS) is 55.0. The van der Waals surface area contributed by atoms with Crippen LogP contribution in [0.3, 0.4) is 0 Å². The number of hydrogen-bond acceptors (Lipinski definition) is 4. The summed E-state index contributed by atoms with van der Waals surface area (Å²) < 4.78 is 4.79. The van der Waals surface area contributed by atoms with E-state index in [1.54, 1.807) is 0 Å². The highest BCUT2D eigenvalue weighted by Gasteiger charge is 2.51. The van der Waals surface area contributed by atoms with E-state index in [1.165, 1.54) is 0 Å². The maximum absolute atomic E-state index is 10.4. The van der Waals surface area contributed by atoms with Crippen molar-refractivity contribution in [2.45, 2.75) is 82.1 Å². The Kier molecular flexibility index (Phi) is 4.58. The third-order valence-electron chi connectivity index (χ3n) is 5.96. The summed E-state index contributed by atoms with van der Waals surface area (Å²) in [6.45, 7) is 2.07. The van der Waals surface area contributed by atoms with Crippen LogP contribution in [0.2, 0.25) is 0 Å². The summed E-state index contributed by atoms with van der Waals surface area (Å²) >= 11 is 0. The van der Waals surface area contributed by atoms with Crippen molar-refractivity contribution in [3.8, 4) is 0 Å². The number of aliphatic hydroxyl groups is 6. The fraction of sp³-hybridized carbons (Fsp3) is 1.00. The molecule has 2 aliphatic carbocycles. The Balaban J connectivity index is 1.67. The predicted octanol–water partition coefficient (Wildman–Crippen LogP) is -0.0549. The van der Waals surface area contributed by atoms with Gasteiger partial charge in [-0.15, -0.1) is 0 Å². The smallest absolute Gasteiger partial charge is 0.184 e. The molecule has 21 heavy (non-hydrogen) atoms. The lowest BCUT2D eigenvalue weighted by molar-refractivity contribution is -0.296. The molecule has 0 aromatic carbocycles. The van der Waals surface area contributed by atoms with Gasteiger partial charge in [-0.05, 0) is 31.6 Å². The topological polar surface area (TPSA) is 93.7 Å². The molecule has 0 aromatic heterocycles. The van der Waals surface area contributed by atoms with E-state index in [9.17, 15) is 20.4 Å². The second-order valence-electron chi connectivity index (χ2n) is 7.48. The number of hydrogen-bond donors (Lipinski definition) is 4. The van der Waals surface area contributed by atoms with Gasteiger partial charge >= 0.3 is 0 Å². The quantitative estimate of drug-likeness (QED) is 0.511. The first-order valence-corrected chi connectivity index (χ1v) is 8.38. The second-order valence-corrected chi connectivity index (χ2v) is 7.48. The average Bonchev–Trinajstić information content (AvgIpc) is 2.42. The highest BCUT2D eigenvalue weighted by Crippen LogP contribution is 2.40. The van der Waals surface area contributed by atoms with Crippen LogP contribution in [0.5, 0.6) is 0 Å². The molecule has 0 spiro atoms.